The summed E-state index contributed by atoms with van der Waals surface area (Å²) in [5.41, 5.74) is 7.58. The fraction of sp³-hybridized carbons (Fsp3) is 0.214. The summed E-state index contributed by atoms with van der Waals surface area (Å²) in [7, 11) is 0. The lowest BCUT2D eigenvalue weighted by molar-refractivity contribution is 0.102. The molecule has 0 saturated heterocycles. The van der Waals surface area contributed by atoms with Crippen molar-refractivity contribution in [3.05, 3.63) is 40.8 Å². The number of aryl methyl sites for hydroxylation is 2. The highest BCUT2D eigenvalue weighted by molar-refractivity contribution is 6.03. The first-order chi connectivity index (χ1) is 9.60. The molecule has 0 bridgehead atoms. The van der Waals surface area contributed by atoms with Crippen LogP contribution in [0.1, 0.15) is 27.4 Å². The molecule has 0 atom stereocenters. The average Bonchev–Trinajstić information content (AvgIpc) is 2.82. The zero-order valence-corrected chi connectivity index (χ0v) is 11.2. The predicted molar refractivity (Wildman–Crippen MR) is 74.1 cm³/mol. The first-order valence-corrected chi connectivity index (χ1v) is 6.01. The Labute approximate surface area is 116 Å². The van der Waals surface area contributed by atoms with E-state index in [-0.39, 0.29) is 11.9 Å². The number of anilines is 1. The highest BCUT2D eigenvalue weighted by Gasteiger charge is 2.11. The fourth-order valence-electron chi connectivity index (χ4n) is 1.61. The summed E-state index contributed by atoms with van der Waals surface area (Å²) >= 11 is 0. The molecule has 102 valence electrons. The van der Waals surface area contributed by atoms with Crippen LogP contribution in [0.2, 0.25) is 0 Å². The highest BCUT2D eigenvalue weighted by Crippen LogP contribution is 2.12. The molecule has 0 aliphatic rings. The number of carbonyl (C=O) groups is 1. The molecule has 6 heteroatoms. The van der Waals surface area contributed by atoms with Gasteiger partial charge in [0.15, 0.2) is 0 Å². The topological polar surface area (TPSA) is 94.0 Å². The van der Waals surface area contributed by atoms with Gasteiger partial charge in [0.2, 0.25) is 5.89 Å². The molecule has 2 aromatic rings. The first-order valence-electron chi connectivity index (χ1n) is 6.01. The second-order valence-electron chi connectivity index (χ2n) is 4.12. The van der Waals surface area contributed by atoms with Gasteiger partial charge in [0.05, 0.1) is 6.54 Å². The van der Waals surface area contributed by atoms with Gasteiger partial charge in [-0.05, 0) is 30.7 Å². The van der Waals surface area contributed by atoms with Crippen molar-refractivity contribution >= 4 is 11.9 Å². The molecule has 0 aliphatic heterocycles. The molecule has 2 rings (SSSR count). The SMILES string of the molecule is Cc1nnc(NC(=O)c2ccc(C#CCN)c(C)c2)o1. The third-order valence-corrected chi connectivity index (χ3v) is 2.56. The van der Waals surface area contributed by atoms with Crippen LogP contribution in [0.4, 0.5) is 6.01 Å². The number of aromatic nitrogens is 2. The van der Waals surface area contributed by atoms with E-state index >= 15 is 0 Å². The molecule has 1 amide bonds. The summed E-state index contributed by atoms with van der Waals surface area (Å²) in [5, 5.41) is 9.88. The van der Waals surface area contributed by atoms with Crippen molar-refractivity contribution in [1.29, 1.82) is 0 Å². The smallest absolute Gasteiger partial charge is 0.322 e. The van der Waals surface area contributed by atoms with Gasteiger partial charge in [-0.25, -0.2) is 0 Å². The highest BCUT2D eigenvalue weighted by atomic mass is 16.4. The zero-order valence-electron chi connectivity index (χ0n) is 11.2. The van der Waals surface area contributed by atoms with E-state index in [4.69, 9.17) is 10.2 Å². The van der Waals surface area contributed by atoms with Crippen LogP contribution in [0.3, 0.4) is 0 Å². The molecular formula is C14H14N4O2. The second kappa shape index (κ2) is 5.99. The number of benzene rings is 1. The van der Waals surface area contributed by atoms with E-state index in [0.717, 1.165) is 11.1 Å². The van der Waals surface area contributed by atoms with Gasteiger partial charge in [-0.15, -0.1) is 5.10 Å². The Morgan fingerprint density at radius 1 is 1.40 bits per heavy atom. The van der Waals surface area contributed by atoms with Crippen LogP contribution in [0.15, 0.2) is 22.6 Å². The molecule has 0 aliphatic carbocycles. The van der Waals surface area contributed by atoms with Crippen LogP contribution in [-0.2, 0) is 0 Å². The molecule has 6 nitrogen and oxygen atoms in total. The van der Waals surface area contributed by atoms with Gasteiger partial charge in [0.25, 0.3) is 5.91 Å². The molecule has 20 heavy (non-hydrogen) atoms. The zero-order chi connectivity index (χ0) is 14.5. The van der Waals surface area contributed by atoms with Gasteiger partial charge in [-0.2, -0.15) is 0 Å². The van der Waals surface area contributed by atoms with Crippen LogP contribution < -0.4 is 11.1 Å². The predicted octanol–water partition coefficient (Wildman–Crippen LogP) is 1.25. The molecule has 1 aromatic heterocycles. The summed E-state index contributed by atoms with van der Waals surface area (Å²) in [6.07, 6.45) is 0. The molecule has 0 saturated carbocycles. The van der Waals surface area contributed by atoms with E-state index in [1.54, 1.807) is 25.1 Å². The molecule has 0 unspecified atom stereocenters. The van der Waals surface area contributed by atoms with E-state index < -0.39 is 0 Å². The van der Waals surface area contributed by atoms with Crippen molar-refractivity contribution in [3.63, 3.8) is 0 Å². The summed E-state index contributed by atoms with van der Waals surface area (Å²) in [6, 6.07) is 5.30. The number of nitrogens with two attached hydrogens (primary N) is 1. The number of rotatable bonds is 2. The minimum absolute atomic E-state index is 0.0807. The largest absolute Gasteiger partial charge is 0.408 e. The van der Waals surface area contributed by atoms with Crippen molar-refractivity contribution in [1.82, 2.24) is 10.2 Å². The molecular weight excluding hydrogens is 256 g/mol. The minimum atomic E-state index is -0.310. The average molecular weight is 270 g/mol. The van der Waals surface area contributed by atoms with Gasteiger partial charge < -0.3 is 10.2 Å². The van der Waals surface area contributed by atoms with E-state index in [9.17, 15) is 4.79 Å². The van der Waals surface area contributed by atoms with Crippen LogP contribution in [0.5, 0.6) is 0 Å². The lowest BCUT2D eigenvalue weighted by atomic mass is 10.0. The molecule has 0 fully saturated rings. The Kier molecular flexibility index (Phi) is 4.13. The van der Waals surface area contributed by atoms with Gasteiger partial charge in [0, 0.05) is 18.1 Å². The first kappa shape index (κ1) is 13.8. The maximum Gasteiger partial charge on any atom is 0.322 e. The van der Waals surface area contributed by atoms with E-state index in [1.807, 2.05) is 6.92 Å². The summed E-state index contributed by atoms with van der Waals surface area (Å²) in [6.45, 7) is 3.84. The van der Waals surface area contributed by atoms with Crippen molar-refractivity contribution in [3.8, 4) is 11.8 Å². The number of amides is 1. The quantitative estimate of drug-likeness (QED) is 0.801. The summed E-state index contributed by atoms with van der Waals surface area (Å²) in [5.74, 6) is 5.81. The van der Waals surface area contributed by atoms with Crippen LogP contribution in [-0.4, -0.2) is 22.6 Å². The Bertz CT molecular complexity index is 695. The second-order valence-corrected chi connectivity index (χ2v) is 4.12. The standard InChI is InChI=1S/C14H14N4O2/c1-9-8-12(6-5-11(9)4-3-7-15)13(19)16-14-18-17-10(2)20-14/h5-6,8H,7,15H2,1-2H3,(H,16,18,19). The van der Waals surface area contributed by atoms with Crippen molar-refractivity contribution < 1.29 is 9.21 Å². The number of carbonyl (C=O) groups excluding carboxylic acids is 1. The number of hydrogen-bond acceptors (Lipinski definition) is 5. The van der Waals surface area contributed by atoms with Gasteiger partial charge in [-0.1, -0.05) is 16.9 Å². The van der Waals surface area contributed by atoms with Crippen molar-refractivity contribution in [2.45, 2.75) is 13.8 Å². The monoisotopic (exact) mass is 270 g/mol. The molecule has 1 heterocycles. The van der Waals surface area contributed by atoms with Crippen LogP contribution in [0, 0.1) is 25.7 Å². The van der Waals surface area contributed by atoms with Gasteiger partial charge >= 0.3 is 6.01 Å². The lowest BCUT2D eigenvalue weighted by Crippen LogP contribution is -2.12. The maximum absolute atomic E-state index is 12.0. The Hall–Kier alpha value is -2.65. The van der Waals surface area contributed by atoms with Gasteiger partial charge in [-0.3, -0.25) is 10.1 Å². The maximum atomic E-state index is 12.0. The van der Waals surface area contributed by atoms with Crippen molar-refractivity contribution in [2.75, 3.05) is 11.9 Å². The fourth-order valence-corrected chi connectivity index (χ4v) is 1.61. The Morgan fingerprint density at radius 3 is 2.80 bits per heavy atom. The van der Waals surface area contributed by atoms with Crippen molar-refractivity contribution in [2.24, 2.45) is 5.73 Å². The van der Waals surface area contributed by atoms with E-state index in [2.05, 4.69) is 27.4 Å². The minimum Gasteiger partial charge on any atom is -0.408 e. The molecule has 0 spiro atoms. The summed E-state index contributed by atoms with van der Waals surface area (Å²) < 4.78 is 5.09. The lowest BCUT2D eigenvalue weighted by Gasteiger charge is -2.03. The normalized spacial score (nSPS) is 9.75. The van der Waals surface area contributed by atoms with E-state index in [1.165, 1.54) is 0 Å². The molecule has 1 aromatic carbocycles. The van der Waals surface area contributed by atoms with E-state index in [0.29, 0.717) is 18.0 Å². The van der Waals surface area contributed by atoms with Gasteiger partial charge in [0.1, 0.15) is 0 Å². The summed E-state index contributed by atoms with van der Waals surface area (Å²) in [4.78, 5) is 12.0. The Morgan fingerprint density at radius 2 is 2.20 bits per heavy atom. The molecule has 0 radical (unpaired) electrons. The number of nitrogens with one attached hydrogen (secondary N) is 1. The number of hydrogen-bond donors (Lipinski definition) is 2. The third-order valence-electron chi connectivity index (χ3n) is 2.56. The van der Waals surface area contributed by atoms with Crippen LogP contribution >= 0.6 is 0 Å². The van der Waals surface area contributed by atoms with Crippen LogP contribution in [0.25, 0.3) is 0 Å². The third kappa shape index (κ3) is 3.22. The molecule has 3 N–H and O–H groups in total. The number of nitrogens with zero attached hydrogens (tertiary/aromatic N) is 2. The Balaban J connectivity index is 2.16.